The first kappa shape index (κ1) is 13.3. The van der Waals surface area contributed by atoms with Crippen LogP contribution in [0.2, 0.25) is 0 Å². The molecule has 0 heterocycles. The molecule has 0 unspecified atom stereocenters. The Morgan fingerprint density at radius 1 is 1.20 bits per heavy atom. The summed E-state index contributed by atoms with van der Waals surface area (Å²) in [7, 11) is 0. The van der Waals surface area contributed by atoms with Crippen molar-refractivity contribution in [2.45, 2.75) is 0 Å². The Bertz CT molecular complexity index is 268. The molecule has 0 aromatic heterocycles. The number of phenolic OH excluding ortho intramolecular Hbond substituents is 1. The lowest BCUT2D eigenvalue weighted by Crippen LogP contribution is -1.87. The van der Waals surface area contributed by atoms with Crippen LogP contribution in [-0.2, 0) is 4.74 Å². The Hall–Kier alpha value is -1.74. The number of hydrogen-bond acceptors (Lipinski definition) is 3. The maximum absolute atomic E-state index is 8.79. The van der Waals surface area contributed by atoms with Crippen LogP contribution in [-0.4, -0.2) is 18.3 Å². The van der Waals surface area contributed by atoms with E-state index in [4.69, 9.17) is 15.6 Å². The molecule has 0 aliphatic heterocycles. The highest BCUT2D eigenvalue weighted by Crippen LogP contribution is 2.16. The van der Waals surface area contributed by atoms with Crippen LogP contribution >= 0.6 is 0 Å². The SMILES string of the molecule is C=CCOCC=C.Nc1ccccc1O. The average Bonchev–Trinajstić information content (AvgIpc) is 2.24. The molecule has 0 amide bonds. The summed E-state index contributed by atoms with van der Waals surface area (Å²) in [5.41, 5.74) is 5.69. The van der Waals surface area contributed by atoms with Crippen molar-refractivity contribution in [3.63, 3.8) is 0 Å². The summed E-state index contributed by atoms with van der Waals surface area (Å²) in [6.45, 7) is 8.18. The van der Waals surface area contributed by atoms with E-state index in [-0.39, 0.29) is 5.75 Å². The Balaban J connectivity index is 0.000000265. The number of rotatable bonds is 4. The number of phenols is 1. The largest absolute Gasteiger partial charge is 0.506 e. The lowest BCUT2D eigenvalue weighted by molar-refractivity contribution is 0.194. The van der Waals surface area contributed by atoms with E-state index < -0.39 is 0 Å². The van der Waals surface area contributed by atoms with Gasteiger partial charge in [-0.1, -0.05) is 24.3 Å². The van der Waals surface area contributed by atoms with Gasteiger partial charge in [-0.25, -0.2) is 0 Å². The van der Waals surface area contributed by atoms with Gasteiger partial charge in [-0.3, -0.25) is 0 Å². The molecule has 15 heavy (non-hydrogen) atoms. The molecule has 0 saturated carbocycles. The van der Waals surface area contributed by atoms with Crippen LogP contribution in [0, 0.1) is 0 Å². The standard InChI is InChI=1S/C6H7NO.C6H10O/c7-5-3-1-2-4-6(5)8;1-3-5-7-6-4-2/h1-4,8H,7H2;3-4H,1-2,5-6H2. The number of aromatic hydroxyl groups is 1. The maximum Gasteiger partial charge on any atom is 0.138 e. The molecular formula is C12H17NO2. The molecule has 0 bridgehead atoms. The number of nitrogens with two attached hydrogens (primary N) is 1. The fraction of sp³-hybridized carbons (Fsp3) is 0.167. The minimum Gasteiger partial charge on any atom is -0.506 e. The van der Waals surface area contributed by atoms with E-state index in [1.54, 1.807) is 36.4 Å². The monoisotopic (exact) mass is 207 g/mol. The van der Waals surface area contributed by atoms with E-state index in [1.807, 2.05) is 0 Å². The van der Waals surface area contributed by atoms with Crippen molar-refractivity contribution in [1.82, 2.24) is 0 Å². The van der Waals surface area contributed by atoms with Crippen molar-refractivity contribution in [3.8, 4) is 5.75 Å². The smallest absolute Gasteiger partial charge is 0.138 e. The van der Waals surface area contributed by atoms with E-state index in [2.05, 4.69) is 13.2 Å². The molecule has 0 aliphatic rings. The highest BCUT2D eigenvalue weighted by Gasteiger charge is 1.87. The van der Waals surface area contributed by atoms with Gasteiger partial charge in [0.05, 0.1) is 18.9 Å². The minimum absolute atomic E-state index is 0.146. The second-order valence-corrected chi connectivity index (χ2v) is 2.67. The van der Waals surface area contributed by atoms with Crippen LogP contribution in [0.5, 0.6) is 5.75 Å². The van der Waals surface area contributed by atoms with Crippen LogP contribution in [0.25, 0.3) is 0 Å². The molecular weight excluding hydrogens is 190 g/mol. The van der Waals surface area contributed by atoms with Gasteiger partial charge in [0, 0.05) is 0 Å². The van der Waals surface area contributed by atoms with Crippen LogP contribution < -0.4 is 5.73 Å². The second-order valence-electron chi connectivity index (χ2n) is 2.67. The molecule has 3 nitrogen and oxygen atoms in total. The van der Waals surface area contributed by atoms with Gasteiger partial charge < -0.3 is 15.6 Å². The highest BCUT2D eigenvalue weighted by molar-refractivity contribution is 5.50. The molecule has 0 spiro atoms. The molecule has 1 aromatic rings. The summed E-state index contributed by atoms with van der Waals surface area (Å²) in [4.78, 5) is 0. The Labute approximate surface area is 90.5 Å². The number of hydrogen-bond donors (Lipinski definition) is 2. The van der Waals surface area contributed by atoms with Crippen LogP contribution in [0.4, 0.5) is 5.69 Å². The van der Waals surface area contributed by atoms with Gasteiger partial charge in [0.15, 0.2) is 0 Å². The third-order valence-electron chi connectivity index (χ3n) is 1.41. The second kappa shape index (κ2) is 8.84. The summed E-state index contributed by atoms with van der Waals surface area (Å²) < 4.78 is 4.90. The topological polar surface area (TPSA) is 55.5 Å². The highest BCUT2D eigenvalue weighted by atomic mass is 16.5. The minimum atomic E-state index is 0.146. The summed E-state index contributed by atoms with van der Waals surface area (Å²) in [5, 5.41) is 8.79. The first-order valence-corrected chi connectivity index (χ1v) is 4.55. The number of benzene rings is 1. The predicted octanol–water partition coefficient (Wildman–Crippen LogP) is 2.35. The Kier molecular flexibility index (Phi) is 7.82. The number of nitrogen functional groups attached to an aromatic ring is 1. The number of ether oxygens (including phenoxy) is 1. The normalized spacial score (nSPS) is 8.53. The molecule has 3 N–H and O–H groups in total. The van der Waals surface area contributed by atoms with Crippen molar-refractivity contribution in [3.05, 3.63) is 49.6 Å². The van der Waals surface area contributed by atoms with Crippen LogP contribution in [0.15, 0.2) is 49.6 Å². The predicted molar refractivity (Wildman–Crippen MR) is 63.7 cm³/mol. The summed E-state index contributed by atoms with van der Waals surface area (Å²) in [6.07, 6.45) is 3.42. The van der Waals surface area contributed by atoms with E-state index in [0.717, 1.165) is 0 Å². The first-order valence-electron chi connectivity index (χ1n) is 4.55. The molecule has 1 aromatic carbocycles. The van der Waals surface area contributed by atoms with E-state index in [9.17, 15) is 0 Å². The van der Waals surface area contributed by atoms with E-state index in [1.165, 1.54) is 0 Å². The zero-order valence-electron chi connectivity index (χ0n) is 8.73. The fourth-order valence-electron chi connectivity index (χ4n) is 0.722. The van der Waals surface area contributed by atoms with Crippen molar-refractivity contribution >= 4 is 5.69 Å². The molecule has 0 radical (unpaired) electrons. The molecule has 0 aliphatic carbocycles. The average molecular weight is 207 g/mol. The lowest BCUT2D eigenvalue weighted by atomic mass is 10.3. The van der Waals surface area contributed by atoms with Gasteiger partial charge >= 0.3 is 0 Å². The van der Waals surface area contributed by atoms with Crippen molar-refractivity contribution in [2.75, 3.05) is 18.9 Å². The van der Waals surface area contributed by atoms with Gasteiger partial charge in [0.25, 0.3) is 0 Å². The molecule has 1 rings (SSSR count). The van der Waals surface area contributed by atoms with Crippen LogP contribution in [0.1, 0.15) is 0 Å². The van der Waals surface area contributed by atoms with Gasteiger partial charge in [-0.2, -0.15) is 0 Å². The zero-order valence-corrected chi connectivity index (χ0v) is 8.73. The maximum atomic E-state index is 8.79. The van der Waals surface area contributed by atoms with Gasteiger partial charge in [0.1, 0.15) is 5.75 Å². The van der Waals surface area contributed by atoms with Crippen molar-refractivity contribution in [1.29, 1.82) is 0 Å². The fourth-order valence-corrected chi connectivity index (χ4v) is 0.722. The number of anilines is 1. The molecule has 0 atom stereocenters. The lowest BCUT2D eigenvalue weighted by Gasteiger charge is -1.92. The van der Waals surface area contributed by atoms with Crippen LogP contribution in [0.3, 0.4) is 0 Å². The molecule has 3 heteroatoms. The number of para-hydroxylation sites is 2. The van der Waals surface area contributed by atoms with E-state index >= 15 is 0 Å². The first-order chi connectivity index (χ1) is 7.22. The Morgan fingerprint density at radius 2 is 1.73 bits per heavy atom. The summed E-state index contributed by atoms with van der Waals surface area (Å²) >= 11 is 0. The molecule has 0 saturated heterocycles. The zero-order chi connectivity index (χ0) is 11.5. The summed E-state index contributed by atoms with van der Waals surface area (Å²) in [6, 6.07) is 6.70. The van der Waals surface area contributed by atoms with Crippen molar-refractivity contribution < 1.29 is 9.84 Å². The summed E-state index contributed by atoms with van der Waals surface area (Å²) in [5.74, 6) is 0.146. The van der Waals surface area contributed by atoms with E-state index in [0.29, 0.717) is 18.9 Å². The quantitative estimate of drug-likeness (QED) is 0.345. The third-order valence-corrected chi connectivity index (χ3v) is 1.41. The van der Waals surface area contributed by atoms with Gasteiger partial charge in [-0.05, 0) is 12.1 Å². The Morgan fingerprint density at radius 3 is 2.07 bits per heavy atom. The van der Waals surface area contributed by atoms with Crippen molar-refractivity contribution in [2.24, 2.45) is 0 Å². The van der Waals surface area contributed by atoms with Gasteiger partial charge in [-0.15, -0.1) is 13.2 Å². The molecule has 82 valence electrons. The molecule has 0 fully saturated rings. The third kappa shape index (κ3) is 7.34. The van der Waals surface area contributed by atoms with Gasteiger partial charge in [0.2, 0.25) is 0 Å².